The maximum Gasteiger partial charge on any atom is 0.0470 e. The summed E-state index contributed by atoms with van der Waals surface area (Å²) in [5, 5.41) is 0. The number of hydrogen-bond donors (Lipinski definition) is 1. The highest BCUT2D eigenvalue weighted by molar-refractivity contribution is 5.25. The van der Waals surface area contributed by atoms with Gasteiger partial charge in [0.15, 0.2) is 0 Å². The zero-order valence-electron chi connectivity index (χ0n) is 10.7. The Morgan fingerprint density at radius 1 is 1.06 bits per heavy atom. The van der Waals surface area contributed by atoms with Crippen molar-refractivity contribution >= 4 is 0 Å². The first-order valence-corrected chi connectivity index (χ1v) is 6.29. The summed E-state index contributed by atoms with van der Waals surface area (Å²) >= 11 is 0. The second-order valence-electron chi connectivity index (χ2n) is 4.07. The fourth-order valence-electron chi connectivity index (χ4n) is 2.14. The molecule has 1 unspecified atom stereocenters. The summed E-state index contributed by atoms with van der Waals surface area (Å²) in [5.74, 6) is 0. The number of likely N-dealkylation sites (N-methyl/N-ethyl adjacent to an activating group) is 1. The normalized spacial score (nSPS) is 13.1. The van der Waals surface area contributed by atoms with Crippen molar-refractivity contribution in [2.24, 2.45) is 5.73 Å². The summed E-state index contributed by atoms with van der Waals surface area (Å²) < 4.78 is 0. The number of nitrogens with zero attached hydrogens (tertiary/aromatic N) is 1. The van der Waals surface area contributed by atoms with E-state index in [9.17, 15) is 0 Å². The van der Waals surface area contributed by atoms with Crippen LogP contribution in [0.15, 0.2) is 24.3 Å². The highest BCUT2D eigenvalue weighted by Gasteiger charge is 2.15. The van der Waals surface area contributed by atoms with E-state index in [1.54, 1.807) is 0 Å². The van der Waals surface area contributed by atoms with Crippen molar-refractivity contribution in [2.75, 3.05) is 19.6 Å². The lowest BCUT2D eigenvalue weighted by molar-refractivity contribution is 0.224. The third kappa shape index (κ3) is 3.06. The molecule has 0 radical (unpaired) electrons. The second-order valence-corrected chi connectivity index (χ2v) is 4.07. The molecule has 2 nitrogen and oxygen atoms in total. The van der Waals surface area contributed by atoms with Crippen LogP contribution in [0.1, 0.15) is 37.9 Å². The van der Waals surface area contributed by atoms with E-state index in [1.165, 1.54) is 11.1 Å². The monoisotopic (exact) mass is 220 g/mol. The lowest BCUT2D eigenvalue weighted by Crippen LogP contribution is -2.33. The van der Waals surface area contributed by atoms with Crippen molar-refractivity contribution < 1.29 is 0 Å². The van der Waals surface area contributed by atoms with Gasteiger partial charge in [-0.2, -0.15) is 0 Å². The Balaban J connectivity index is 2.85. The highest BCUT2D eigenvalue weighted by Crippen LogP contribution is 2.19. The van der Waals surface area contributed by atoms with Crippen LogP contribution in [-0.2, 0) is 6.42 Å². The van der Waals surface area contributed by atoms with Gasteiger partial charge in [-0.1, -0.05) is 45.0 Å². The summed E-state index contributed by atoms with van der Waals surface area (Å²) in [5.41, 5.74) is 8.61. The molecule has 1 atom stereocenters. The first kappa shape index (κ1) is 13.2. The van der Waals surface area contributed by atoms with E-state index < -0.39 is 0 Å². The molecule has 90 valence electrons. The van der Waals surface area contributed by atoms with E-state index in [4.69, 9.17) is 5.73 Å². The summed E-state index contributed by atoms with van der Waals surface area (Å²) in [6.45, 7) is 9.34. The van der Waals surface area contributed by atoms with Crippen molar-refractivity contribution in [3.8, 4) is 0 Å². The van der Waals surface area contributed by atoms with Gasteiger partial charge in [-0.25, -0.2) is 0 Å². The highest BCUT2D eigenvalue weighted by atomic mass is 15.2. The van der Waals surface area contributed by atoms with Gasteiger partial charge in [0.1, 0.15) is 0 Å². The van der Waals surface area contributed by atoms with Gasteiger partial charge in [0.05, 0.1) is 0 Å². The molecule has 1 aromatic carbocycles. The minimum atomic E-state index is 0.362. The van der Waals surface area contributed by atoms with Gasteiger partial charge in [0, 0.05) is 12.6 Å². The number of nitrogens with two attached hydrogens (primary N) is 1. The molecule has 0 aliphatic heterocycles. The number of hydrogen-bond acceptors (Lipinski definition) is 2. The SMILES string of the molecule is CCc1ccc(C(CN)N(CC)CC)cc1. The molecule has 2 N–H and O–H groups in total. The van der Waals surface area contributed by atoms with Gasteiger partial charge >= 0.3 is 0 Å². The summed E-state index contributed by atoms with van der Waals surface area (Å²) in [6, 6.07) is 9.22. The fourth-order valence-corrected chi connectivity index (χ4v) is 2.14. The van der Waals surface area contributed by atoms with Crippen molar-refractivity contribution in [3.63, 3.8) is 0 Å². The van der Waals surface area contributed by atoms with Crippen molar-refractivity contribution in [1.82, 2.24) is 4.90 Å². The van der Waals surface area contributed by atoms with Gasteiger partial charge in [-0.05, 0) is 30.6 Å². The van der Waals surface area contributed by atoms with Gasteiger partial charge < -0.3 is 5.73 Å². The molecule has 0 saturated carbocycles. The molecule has 0 heterocycles. The third-order valence-electron chi connectivity index (χ3n) is 3.25. The zero-order chi connectivity index (χ0) is 12.0. The van der Waals surface area contributed by atoms with E-state index in [1.807, 2.05) is 0 Å². The smallest absolute Gasteiger partial charge is 0.0470 e. The summed E-state index contributed by atoms with van der Waals surface area (Å²) in [7, 11) is 0. The summed E-state index contributed by atoms with van der Waals surface area (Å²) in [6.07, 6.45) is 1.10. The predicted molar refractivity (Wildman–Crippen MR) is 70.5 cm³/mol. The quantitative estimate of drug-likeness (QED) is 0.798. The van der Waals surface area contributed by atoms with Gasteiger partial charge in [0.2, 0.25) is 0 Å². The van der Waals surface area contributed by atoms with Gasteiger partial charge in [-0.15, -0.1) is 0 Å². The molecule has 0 fully saturated rings. The van der Waals surface area contributed by atoms with E-state index in [-0.39, 0.29) is 0 Å². The first-order valence-electron chi connectivity index (χ1n) is 6.29. The molecule has 0 aliphatic carbocycles. The molecule has 0 aromatic heterocycles. The maximum atomic E-state index is 5.89. The van der Waals surface area contributed by atoms with Crippen molar-refractivity contribution in [1.29, 1.82) is 0 Å². The molecule has 0 amide bonds. The maximum absolute atomic E-state index is 5.89. The fraction of sp³-hybridized carbons (Fsp3) is 0.571. The molecule has 1 aromatic rings. The Labute approximate surface area is 99.5 Å². The Bertz CT molecular complexity index is 288. The van der Waals surface area contributed by atoms with Crippen LogP contribution in [0.4, 0.5) is 0 Å². The van der Waals surface area contributed by atoms with Crippen LogP contribution < -0.4 is 5.73 Å². The zero-order valence-corrected chi connectivity index (χ0v) is 10.7. The summed E-state index contributed by atoms with van der Waals surface area (Å²) in [4.78, 5) is 2.40. The minimum absolute atomic E-state index is 0.362. The molecule has 2 heteroatoms. The number of rotatable bonds is 6. The molecular weight excluding hydrogens is 196 g/mol. The largest absolute Gasteiger partial charge is 0.329 e. The Kier molecular flexibility index (Phi) is 5.50. The van der Waals surface area contributed by atoms with Crippen molar-refractivity contribution in [3.05, 3.63) is 35.4 Å². The Hall–Kier alpha value is -0.860. The van der Waals surface area contributed by atoms with Crippen LogP contribution in [-0.4, -0.2) is 24.5 Å². The minimum Gasteiger partial charge on any atom is -0.329 e. The van der Waals surface area contributed by atoms with Crippen LogP contribution >= 0.6 is 0 Å². The average Bonchev–Trinajstić information content (AvgIpc) is 2.36. The van der Waals surface area contributed by atoms with E-state index in [0.29, 0.717) is 12.6 Å². The van der Waals surface area contributed by atoms with Crippen LogP contribution in [0.3, 0.4) is 0 Å². The van der Waals surface area contributed by atoms with E-state index in [2.05, 4.69) is 49.9 Å². The van der Waals surface area contributed by atoms with Crippen LogP contribution in [0, 0.1) is 0 Å². The van der Waals surface area contributed by atoms with E-state index in [0.717, 1.165) is 19.5 Å². The average molecular weight is 220 g/mol. The number of aryl methyl sites for hydroxylation is 1. The molecule has 0 saturated heterocycles. The molecular formula is C14H24N2. The van der Waals surface area contributed by atoms with Crippen LogP contribution in [0.25, 0.3) is 0 Å². The Morgan fingerprint density at radius 3 is 2.00 bits per heavy atom. The molecule has 0 spiro atoms. The second kappa shape index (κ2) is 6.66. The lowest BCUT2D eigenvalue weighted by atomic mass is 10.0. The van der Waals surface area contributed by atoms with Gasteiger partial charge in [-0.3, -0.25) is 4.90 Å². The number of benzene rings is 1. The van der Waals surface area contributed by atoms with Gasteiger partial charge in [0.25, 0.3) is 0 Å². The molecule has 16 heavy (non-hydrogen) atoms. The Morgan fingerprint density at radius 2 is 1.62 bits per heavy atom. The van der Waals surface area contributed by atoms with Crippen molar-refractivity contribution in [2.45, 2.75) is 33.2 Å². The lowest BCUT2D eigenvalue weighted by Gasteiger charge is -2.29. The van der Waals surface area contributed by atoms with E-state index >= 15 is 0 Å². The topological polar surface area (TPSA) is 29.3 Å². The predicted octanol–water partition coefficient (Wildman–Crippen LogP) is 2.59. The standard InChI is InChI=1S/C14H24N2/c1-4-12-7-9-13(10-8-12)14(11-15)16(5-2)6-3/h7-10,14H,4-6,11,15H2,1-3H3. The van der Waals surface area contributed by atoms with Crippen LogP contribution in [0.5, 0.6) is 0 Å². The molecule has 1 rings (SSSR count). The first-order chi connectivity index (χ1) is 7.76. The molecule has 0 bridgehead atoms. The van der Waals surface area contributed by atoms with Crippen LogP contribution in [0.2, 0.25) is 0 Å². The molecule has 0 aliphatic rings. The third-order valence-corrected chi connectivity index (χ3v) is 3.25.